The van der Waals surface area contributed by atoms with Gasteiger partial charge in [0.05, 0.1) is 11.2 Å². The van der Waals surface area contributed by atoms with E-state index in [2.05, 4.69) is 87.3 Å². The molecule has 0 unspecified atom stereocenters. The number of aromatic amines is 1. The molecule has 3 heterocycles. The Labute approximate surface area is 185 Å². The van der Waals surface area contributed by atoms with Crippen LogP contribution in [0.25, 0.3) is 21.8 Å². The SMILES string of the molecule is CC1(C)OB(c2ccc3[nH]c4cc5c(cc4c3c2)Sc2ccccc2S5)OC1(C)C. The second kappa shape index (κ2) is 6.33. The van der Waals surface area contributed by atoms with Gasteiger partial charge in [0.1, 0.15) is 0 Å². The van der Waals surface area contributed by atoms with Crippen LogP contribution in [0.1, 0.15) is 27.7 Å². The van der Waals surface area contributed by atoms with Crippen LogP contribution in [0, 0.1) is 0 Å². The van der Waals surface area contributed by atoms with Crippen LogP contribution in [-0.4, -0.2) is 23.3 Å². The summed E-state index contributed by atoms with van der Waals surface area (Å²) in [6.45, 7) is 8.37. The van der Waals surface area contributed by atoms with Gasteiger partial charge in [0.25, 0.3) is 0 Å². The number of benzene rings is 3. The van der Waals surface area contributed by atoms with Crippen LogP contribution >= 0.6 is 23.5 Å². The molecule has 1 aromatic heterocycles. The number of rotatable bonds is 1. The van der Waals surface area contributed by atoms with Crippen molar-refractivity contribution in [3.05, 3.63) is 54.6 Å². The molecule has 0 bridgehead atoms. The molecule has 30 heavy (non-hydrogen) atoms. The molecule has 0 spiro atoms. The van der Waals surface area contributed by atoms with E-state index in [0.29, 0.717) is 0 Å². The summed E-state index contributed by atoms with van der Waals surface area (Å²) >= 11 is 3.70. The Kier molecular flexibility index (Phi) is 3.98. The van der Waals surface area contributed by atoms with Crippen LogP contribution in [0.3, 0.4) is 0 Å². The molecule has 3 nitrogen and oxygen atoms in total. The zero-order chi connectivity index (χ0) is 20.7. The highest BCUT2D eigenvalue weighted by Gasteiger charge is 2.51. The summed E-state index contributed by atoms with van der Waals surface area (Å²) < 4.78 is 12.6. The van der Waals surface area contributed by atoms with Gasteiger partial charge in [-0.3, -0.25) is 0 Å². The van der Waals surface area contributed by atoms with Crippen molar-refractivity contribution in [3.8, 4) is 0 Å². The van der Waals surface area contributed by atoms with Crippen LogP contribution in [0.15, 0.2) is 74.2 Å². The first-order valence-corrected chi connectivity index (χ1v) is 11.8. The standard InChI is InChI=1S/C24H22BNO2S2/c1-23(2)24(3,4)28-25(27-23)14-9-10-17-15(11-14)16-12-21-22(13-18(16)26-17)30-20-8-6-5-7-19(20)29-21/h5-13,26H,1-4H3. The lowest BCUT2D eigenvalue weighted by atomic mass is 9.78. The maximum atomic E-state index is 6.28. The Balaban J connectivity index is 1.45. The van der Waals surface area contributed by atoms with Crippen molar-refractivity contribution >= 4 is 57.9 Å². The van der Waals surface area contributed by atoms with Gasteiger partial charge in [-0.1, -0.05) is 47.8 Å². The van der Waals surface area contributed by atoms with Crippen LogP contribution in [-0.2, 0) is 9.31 Å². The minimum Gasteiger partial charge on any atom is -0.399 e. The molecule has 0 radical (unpaired) electrons. The van der Waals surface area contributed by atoms with Gasteiger partial charge in [-0.05, 0) is 63.5 Å². The summed E-state index contributed by atoms with van der Waals surface area (Å²) in [6.07, 6.45) is 0. The lowest BCUT2D eigenvalue weighted by Crippen LogP contribution is -2.41. The van der Waals surface area contributed by atoms with E-state index < -0.39 is 0 Å². The van der Waals surface area contributed by atoms with Crippen molar-refractivity contribution in [3.63, 3.8) is 0 Å². The van der Waals surface area contributed by atoms with Crippen molar-refractivity contribution in [2.45, 2.75) is 58.5 Å². The molecule has 2 aliphatic heterocycles. The lowest BCUT2D eigenvalue weighted by Gasteiger charge is -2.32. The zero-order valence-corrected chi connectivity index (χ0v) is 19.0. The van der Waals surface area contributed by atoms with E-state index in [1.807, 2.05) is 23.5 Å². The van der Waals surface area contributed by atoms with Gasteiger partial charge < -0.3 is 14.3 Å². The third kappa shape index (κ3) is 2.78. The Morgan fingerprint density at radius 3 is 1.97 bits per heavy atom. The second-order valence-corrected chi connectivity index (χ2v) is 11.2. The number of fused-ring (bicyclic) bond motifs is 5. The average molecular weight is 431 g/mol. The van der Waals surface area contributed by atoms with Crippen molar-refractivity contribution in [2.75, 3.05) is 0 Å². The molecule has 0 aliphatic carbocycles. The first-order chi connectivity index (χ1) is 14.3. The maximum absolute atomic E-state index is 6.28. The van der Waals surface area contributed by atoms with E-state index >= 15 is 0 Å². The van der Waals surface area contributed by atoms with Gasteiger partial charge in [0.2, 0.25) is 0 Å². The molecule has 150 valence electrons. The van der Waals surface area contributed by atoms with Crippen molar-refractivity contribution in [2.24, 2.45) is 0 Å². The van der Waals surface area contributed by atoms with E-state index in [1.165, 1.54) is 35.9 Å². The van der Waals surface area contributed by atoms with E-state index in [4.69, 9.17) is 9.31 Å². The highest BCUT2D eigenvalue weighted by molar-refractivity contribution is 8.05. The molecule has 0 amide bonds. The molecule has 1 fully saturated rings. The molecule has 0 atom stereocenters. The highest BCUT2D eigenvalue weighted by atomic mass is 32.2. The Hall–Kier alpha value is -1.86. The summed E-state index contributed by atoms with van der Waals surface area (Å²) in [5, 5.41) is 2.46. The van der Waals surface area contributed by atoms with Crippen LogP contribution < -0.4 is 5.46 Å². The minimum atomic E-state index is -0.348. The number of nitrogens with one attached hydrogen (secondary N) is 1. The fourth-order valence-corrected chi connectivity index (χ4v) is 6.34. The quantitative estimate of drug-likeness (QED) is 0.319. The maximum Gasteiger partial charge on any atom is 0.494 e. The smallest absolute Gasteiger partial charge is 0.399 e. The molecular weight excluding hydrogens is 409 g/mol. The lowest BCUT2D eigenvalue weighted by molar-refractivity contribution is 0.00578. The largest absolute Gasteiger partial charge is 0.494 e. The normalized spacial score (nSPS) is 19.3. The van der Waals surface area contributed by atoms with E-state index in [1.54, 1.807) is 0 Å². The molecule has 3 aromatic carbocycles. The first kappa shape index (κ1) is 18.9. The van der Waals surface area contributed by atoms with Crippen LogP contribution in [0.5, 0.6) is 0 Å². The summed E-state index contributed by atoms with van der Waals surface area (Å²) in [7, 11) is -0.348. The second-order valence-electron chi connectivity index (χ2n) is 9.01. The Morgan fingerprint density at radius 2 is 1.30 bits per heavy atom. The van der Waals surface area contributed by atoms with E-state index in [-0.39, 0.29) is 18.3 Å². The molecule has 6 rings (SSSR count). The van der Waals surface area contributed by atoms with Gasteiger partial charge in [0, 0.05) is 41.4 Å². The fraction of sp³-hybridized carbons (Fsp3) is 0.250. The van der Waals surface area contributed by atoms with E-state index in [0.717, 1.165) is 11.0 Å². The van der Waals surface area contributed by atoms with Gasteiger partial charge >= 0.3 is 7.12 Å². The molecular formula is C24H22BNO2S2. The molecule has 2 aliphatic rings. The highest BCUT2D eigenvalue weighted by Crippen LogP contribution is 2.49. The molecule has 1 saturated heterocycles. The molecule has 6 heteroatoms. The van der Waals surface area contributed by atoms with Crippen molar-refractivity contribution in [1.29, 1.82) is 0 Å². The molecule has 1 N–H and O–H groups in total. The van der Waals surface area contributed by atoms with E-state index in [9.17, 15) is 0 Å². The number of hydrogen-bond donors (Lipinski definition) is 1. The summed E-state index contributed by atoms with van der Waals surface area (Å²) in [5.74, 6) is 0. The van der Waals surface area contributed by atoms with Gasteiger partial charge in [-0.25, -0.2) is 0 Å². The topological polar surface area (TPSA) is 34.2 Å². The van der Waals surface area contributed by atoms with Crippen molar-refractivity contribution in [1.82, 2.24) is 4.98 Å². The summed E-state index contributed by atoms with van der Waals surface area (Å²) in [4.78, 5) is 8.87. The Morgan fingerprint density at radius 1 is 0.700 bits per heavy atom. The summed E-state index contributed by atoms with van der Waals surface area (Å²) in [6, 6.07) is 19.7. The van der Waals surface area contributed by atoms with Gasteiger partial charge in [-0.15, -0.1) is 0 Å². The van der Waals surface area contributed by atoms with Gasteiger partial charge in [-0.2, -0.15) is 0 Å². The third-order valence-corrected chi connectivity index (χ3v) is 9.03. The third-order valence-electron chi connectivity index (χ3n) is 6.50. The van der Waals surface area contributed by atoms with Gasteiger partial charge in [0.15, 0.2) is 0 Å². The predicted octanol–water partition coefficient (Wildman–Crippen LogP) is 6.24. The minimum absolute atomic E-state index is 0.340. The van der Waals surface area contributed by atoms with Crippen molar-refractivity contribution < 1.29 is 9.31 Å². The number of hydrogen-bond acceptors (Lipinski definition) is 4. The average Bonchev–Trinajstić information content (AvgIpc) is 3.16. The van der Waals surface area contributed by atoms with Crippen LogP contribution in [0.4, 0.5) is 0 Å². The monoisotopic (exact) mass is 431 g/mol. The first-order valence-electron chi connectivity index (χ1n) is 10.2. The Bertz CT molecular complexity index is 1310. The van der Waals surface area contributed by atoms with Crippen LogP contribution in [0.2, 0.25) is 0 Å². The summed E-state index contributed by atoms with van der Waals surface area (Å²) in [5.41, 5.74) is 2.69. The number of aromatic nitrogens is 1. The predicted molar refractivity (Wildman–Crippen MR) is 126 cm³/mol. The molecule has 0 saturated carbocycles. The molecule has 4 aromatic rings. The number of H-pyrrole nitrogens is 1. The fourth-order valence-electron chi connectivity index (χ4n) is 4.07. The zero-order valence-electron chi connectivity index (χ0n) is 17.4.